The zero-order chi connectivity index (χ0) is 41.2. The van der Waals surface area contributed by atoms with Crippen LogP contribution in [0.25, 0.3) is 21.8 Å². The Morgan fingerprint density at radius 2 is 1.38 bits per heavy atom. The molecule has 3 aromatic carbocycles. The summed E-state index contributed by atoms with van der Waals surface area (Å²) >= 11 is 5.70. The Hall–Kier alpha value is -6.15. The molecular formula is C43H48ClN7O7. The summed E-state index contributed by atoms with van der Waals surface area (Å²) in [4.78, 5) is 88.2. The molecule has 0 bridgehead atoms. The Morgan fingerprint density at radius 1 is 0.776 bits per heavy atom. The number of fused-ring (bicyclic) bond motifs is 2. The number of rotatable bonds is 17. The molecule has 5 amide bonds. The molecule has 1 aliphatic rings. The lowest BCUT2D eigenvalue weighted by Crippen LogP contribution is -2.61. The summed E-state index contributed by atoms with van der Waals surface area (Å²) < 4.78 is 0. The maximum Gasteiger partial charge on any atom is 0.303 e. The molecule has 0 radical (unpaired) electrons. The molecule has 14 nitrogen and oxygen atoms in total. The van der Waals surface area contributed by atoms with E-state index in [0.717, 1.165) is 44.1 Å². The molecule has 0 spiro atoms. The summed E-state index contributed by atoms with van der Waals surface area (Å²) in [5.41, 5.74) is 5.26. The van der Waals surface area contributed by atoms with E-state index >= 15 is 0 Å². The standard InChI is InChI=1S/C43H48ClN7O7/c1-26-13-15-27(16-14-26)23-47-40(55)35(20-28-24-45-32-10-4-2-8-30(28)32)49-41(56)36(21-29-25-46-33-11-5-3-9-31(29)33)50-42(57)37-12-6-7-19-51(37)43(58)34(17-18-39(53)54)48-38(52)22-44/h2-5,8-11,13-16,24-25,34-37,45-46H,6-7,12,17-23H2,1H3,(H,47,55)(H,48,52)(H,49,56)(H,50,57)(H,53,54)/t34?,35?,36?,37-/m0/s1. The number of para-hydroxylation sites is 2. The Morgan fingerprint density at radius 3 is 1.98 bits per heavy atom. The highest BCUT2D eigenvalue weighted by atomic mass is 35.5. The van der Waals surface area contributed by atoms with Crippen molar-refractivity contribution in [1.82, 2.24) is 36.1 Å². The van der Waals surface area contributed by atoms with Gasteiger partial charge in [-0.1, -0.05) is 66.2 Å². The number of aliphatic carboxylic acids is 1. The van der Waals surface area contributed by atoms with E-state index in [-0.39, 0.29) is 38.8 Å². The van der Waals surface area contributed by atoms with Gasteiger partial charge >= 0.3 is 5.97 Å². The quantitative estimate of drug-likeness (QED) is 0.0688. The number of nitrogens with zero attached hydrogens (tertiary/aromatic N) is 1. The number of carboxylic acid groups (broad SMARTS) is 1. The first-order chi connectivity index (χ1) is 28.0. The van der Waals surface area contributed by atoms with Gasteiger partial charge in [-0.3, -0.25) is 28.8 Å². The van der Waals surface area contributed by atoms with Gasteiger partial charge in [0.25, 0.3) is 0 Å². The molecular weight excluding hydrogens is 762 g/mol. The summed E-state index contributed by atoms with van der Waals surface area (Å²) in [6.45, 7) is 2.40. The molecule has 6 rings (SSSR count). The molecule has 1 saturated heterocycles. The maximum absolute atomic E-state index is 14.5. The molecule has 58 heavy (non-hydrogen) atoms. The zero-order valence-electron chi connectivity index (χ0n) is 32.2. The minimum absolute atomic E-state index is 0.0556. The van der Waals surface area contributed by atoms with Crippen molar-refractivity contribution < 1.29 is 33.9 Å². The number of carbonyl (C=O) groups excluding carboxylic acids is 5. The number of benzene rings is 3. The van der Waals surface area contributed by atoms with Crippen LogP contribution in [0.5, 0.6) is 0 Å². The van der Waals surface area contributed by atoms with Gasteiger partial charge in [0, 0.05) is 66.6 Å². The molecule has 15 heteroatoms. The van der Waals surface area contributed by atoms with E-state index in [9.17, 15) is 33.9 Å². The average molecular weight is 810 g/mol. The number of nitrogens with one attached hydrogen (secondary N) is 6. The lowest BCUT2D eigenvalue weighted by molar-refractivity contribution is -0.146. The maximum atomic E-state index is 14.5. The van der Waals surface area contributed by atoms with Gasteiger partial charge in [-0.2, -0.15) is 0 Å². The fraction of sp³-hybridized carbons (Fsp3) is 0.349. The van der Waals surface area contributed by atoms with E-state index in [0.29, 0.717) is 12.8 Å². The topological polar surface area (TPSA) is 206 Å². The number of hydrogen-bond donors (Lipinski definition) is 7. The number of carboxylic acids is 1. The third kappa shape index (κ3) is 10.4. The summed E-state index contributed by atoms with van der Waals surface area (Å²) in [5.74, 6) is -4.45. The largest absolute Gasteiger partial charge is 0.481 e. The van der Waals surface area contributed by atoms with E-state index in [4.69, 9.17) is 11.6 Å². The van der Waals surface area contributed by atoms with Gasteiger partial charge in [-0.15, -0.1) is 11.6 Å². The van der Waals surface area contributed by atoms with Crippen molar-refractivity contribution in [3.05, 3.63) is 107 Å². The van der Waals surface area contributed by atoms with Crippen LogP contribution >= 0.6 is 11.6 Å². The number of halogens is 1. The van der Waals surface area contributed by atoms with Crippen LogP contribution in [-0.4, -0.2) is 92.1 Å². The second-order valence-electron chi connectivity index (χ2n) is 14.7. The van der Waals surface area contributed by atoms with E-state index < -0.39 is 72.0 Å². The normalized spacial score (nSPS) is 15.6. The van der Waals surface area contributed by atoms with E-state index in [2.05, 4.69) is 31.2 Å². The fourth-order valence-electron chi connectivity index (χ4n) is 7.44. The average Bonchev–Trinajstić information content (AvgIpc) is 3.84. The van der Waals surface area contributed by atoms with Crippen LogP contribution in [0.3, 0.4) is 0 Å². The molecule has 1 aliphatic heterocycles. The molecule has 3 unspecified atom stereocenters. The number of amides is 5. The van der Waals surface area contributed by atoms with Gasteiger partial charge < -0.3 is 41.2 Å². The number of carbonyl (C=O) groups is 6. The molecule has 1 fully saturated rings. The van der Waals surface area contributed by atoms with Gasteiger partial charge in [-0.05, 0) is 61.4 Å². The number of H-pyrrole nitrogens is 2. The summed E-state index contributed by atoms with van der Waals surface area (Å²) in [5, 5.41) is 22.4. The lowest BCUT2D eigenvalue weighted by Gasteiger charge is -2.37. The van der Waals surface area contributed by atoms with Crippen LogP contribution in [0.15, 0.2) is 85.2 Å². The lowest BCUT2D eigenvalue weighted by atomic mass is 9.97. The minimum atomic E-state index is -1.22. The Kier molecular flexibility index (Phi) is 13.8. The van der Waals surface area contributed by atoms with E-state index in [1.54, 1.807) is 6.20 Å². The van der Waals surface area contributed by atoms with Crippen LogP contribution < -0.4 is 21.3 Å². The Balaban J connectivity index is 1.27. The van der Waals surface area contributed by atoms with Gasteiger partial charge in [0.15, 0.2) is 0 Å². The predicted octanol–water partition coefficient (Wildman–Crippen LogP) is 4.00. The smallest absolute Gasteiger partial charge is 0.303 e. The van der Waals surface area contributed by atoms with Gasteiger partial charge in [0.1, 0.15) is 30.0 Å². The third-order valence-electron chi connectivity index (χ3n) is 10.5. The van der Waals surface area contributed by atoms with Gasteiger partial charge in [-0.25, -0.2) is 0 Å². The van der Waals surface area contributed by atoms with Crippen LogP contribution in [0.1, 0.15) is 54.4 Å². The van der Waals surface area contributed by atoms with Crippen LogP contribution in [0.4, 0.5) is 0 Å². The highest BCUT2D eigenvalue weighted by molar-refractivity contribution is 6.27. The number of piperidine rings is 1. The number of alkyl halides is 1. The summed E-state index contributed by atoms with van der Waals surface area (Å²) in [6.07, 6.45) is 4.68. The third-order valence-corrected chi connectivity index (χ3v) is 10.8. The molecule has 4 atom stereocenters. The van der Waals surface area contributed by atoms with Crippen LogP contribution in [0, 0.1) is 6.92 Å². The molecule has 5 aromatic rings. The zero-order valence-corrected chi connectivity index (χ0v) is 32.9. The van der Waals surface area contributed by atoms with Crippen molar-refractivity contribution >= 4 is 68.9 Å². The second-order valence-corrected chi connectivity index (χ2v) is 14.9. The van der Waals surface area contributed by atoms with Gasteiger partial charge in [0.2, 0.25) is 29.5 Å². The van der Waals surface area contributed by atoms with E-state index in [1.807, 2.05) is 85.9 Å². The van der Waals surface area contributed by atoms with Crippen molar-refractivity contribution in [1.29, 1.82) is 0 Å². The summed E-state index contributed by atoms with van der Waals surface area (Å²) in [7, 11) is 0. The van der Waals surface area contributed by atoms with Crippen molar-refractivity contribution in [2.45, 2.75) is 82.6 Å². The monoisotopic (exact) mass is 809 g/mol. The van der Waals surface area contributed by atoms with Crippen LogP contribution in [0.2, 0.25) is 0 Å². The minimum Gasteiger partial charge on any atom is -0.481 e. The first-order valence-electron chi connectivity index (χ1n) is 19.4. The Labute approximate surface area is 340 Å². The number of aromatic amines is 2. The number of likely N-dealkylation sites (tertiary alicyclic amines) is 1. The molecule has 0 saturated carbocycles. The SMILES string of the molecule is Cc1ccc(CNC(=O)C(Cc2c[nH]c3ccccc23)NC(=O)C(Cc2c[nH]c3ccccc23)NC(=O)[C@@H]2CCCCN2C(=O)C(CCC(=O)O)NC(=O)CCl)cc1. The summed E-state index contributed by atoms with van der Waals surface area (Å²) in [6, 6.07) is 18.5. The molecule has 0 aliphatic carbocycles. The second kappa shape index (κ2) is 19.3. The van der Waals surface area contributed by atoms with Gasteiger partial charge in [0.05, 0.1) is 0 Å². The first-order valence-corrected chi connectivity index (χ1v) is 20.0. The molecule has 304 valence electrons. The highest BCUT2D eigenvalue weighted by Crippen LogP contribution is 2.23. The molecule has 3 heterocycles. The van der Waals surface area contributed by atoms with Crippen molar-refractivity contribution in [2.24, 2.45) is 0 Å². The highest BCUT2D eigenvalue weighted by Gasteiger charge is 2.38. The molecule has 7 N–H and O–H groups in total. The number of hydrogen-bond acceptors (Lipinski definition) is 6. The fourth-order valence-corrected chi connectivity index (χ4v) is 7.52. The van der Waals surface area contributed by atoms with E-state index in [1.165, 1.54) is 4.90 Å². The first kappa shape index (κ1) is 41.5. The number of aromatic nitrogens is 2. The molecule has 2 aromatic heterocycles. The number of aryl methyl sites for hydroxylation is 1. The van der Waals surface area contributed by atoms with Crippen molar-refractivity contribution in [2.75, 3.05) is 12.4 Å². The van der Waals surface area contributed by atoms with Crippen molar-refractivity contribution in [3.63, 3.8) is 0 Å². The van der Waals surface area contributed by atoms with Crippen LogP contribution in [-0.2, 0) is 48.2 Å². The predicted molar refractivity (Wildman–Crippen MR) is 220 cm³/mol. The van der Waals surface area contributed by atoms with Crippen molar-refractivity contribution in [3.8, 4) is 0 Å². The Bertz CT molecular complexity index is 2270.